The number of benzene rings is 1. The van der Waals surface area contributed by atoms with E-state index in [-0.39, 0.29) is 55.7 Å². The molecule has 3 aliphatic rings. The molecule has 0 radical (unpaired) electrons. The van der Waals surface area contributed by atoms with Crippen molar-refractivity contribution >= 4 is 40.4 Å². The molecule has 1 aromatic carbocycles. The summed E-state index contributed by atoms with van der Waals surface area (Å²) >= 11 is 6.04. The Morgan fingerprint density at radius 3 is 2.62 bits per heavy atom. The normalized spacial score (nSPS) is 21.7. The molecular formula is C26H26ClF3N6O3. The van der Waals surface area contributed by atoms with Gasteiger partial charge < -0.3 is 24.8 Å². The van der Waals surface area contributed by atoms with Crippen LogP contribution in [-0.2, 0) is 23.3 Å². The zero-order valence-electron chi connectivity index (χ0n) is 20.8. The summed E-state index contributed by atoms with van der Waals surface area (Å²) in [6, 6.07) is 10.2. The number of likely N-dealkylation sites (tertiary alicyclic amines) is 1. The number of hydrogen-bond acceptors (Lipinski definition) is 5. The van der Waals surface area contributed by atoms with E-state index in [1.165, 1.54) is 0 Å². The van der Waals surface area contributed by atoms with E-state index in [0.29, 0.717) is 35.5 Å². The average molecular weight is 563 g/mol. The molecule has 1 saturated heterocycles. The predicted molar refractivity (Wildman–Crippen MR) is 136 cm³/mol. The number of imidazole rings is 1. The number of aryl methyl sites for hydroxylation is 1. The highest BCUT2D eigenvalue weighted by atomic mass is 35.5. The van der Waals surface area contributed by atoms with Crippen molar-refractivity contribution in [2.45, 2.75) is 62.5 Å². The molecule has 2 aliphatic heterocycles. The summed E-state index contributed by atoms with van der Waals surface area (Å²) in [4.78, 5) is 38.6. The van der Waals surface area contributed by atoms with Crippen LogP contribution in [0.15, 0.2) is 36.4 Å². The van der Waals surface area contributed by atoms with Crippen molar-refractivity contribution in [3.05, 3.63) is 52.9 Å². The number of pyridine rings is 1. The number of nitrogens with zero attached hydrogens (tertiary/aromatic N) is 5. The number of para-hydroxylation sites is 1. The Morgan fingerprint density at radius 1 is 1.15 bits per heavy atom. The van der Waals surface area contributed by atoms with E-state index in [4.69, 9.17) is 11.6 Å². The number of anilines is 1. The number of halogens is 4. The smallest absolute Gasteiger partial charge is 0.389 e. The minimum Gasteiger partial charge on any atom is -0.393 e. The lowest BCUT2D eigenvalue weighted by atomic mass is 9.74. The molecule has 4 heterocycles. The van der Waals surface area contributed by atoms with E-state index >= 15 is 0 Å². The van der Waals surface area contributed by atoms with Crippen LogP contribution in [0, 0.1) is 0 Å². The number of aromatic nitrogens is 3. The van der Waals surface area contributed by atoms with Gasteiger partial charge in [-0.2, -0.15) is 13.2 Å². The van der Waals surface area contributed by atoms with E-state index in [1.807, 2.05) is 24.3 Å². The summed E-state index contributed by atoms with van der Waals surface area (Å²) in [5.41, 5.74) is 1.43. The number of rotatable bonds is 6. The molecule has 2 N–H and O–H groups in total. The zero-order chi connectivity index (χ0) is 27.5. The maximum Gasteiger partial charge on any atom is 0.389 e. The third-order valence-corrected chi connectivity index (χ3v) is 8.02. The van der Waals surface area contributed by atoms with Crippen molar-refractivity contribution in [3.63, 3.8) is 0 Å². The van der Waals surface area contributed by atoms with Crippen LogP contribution in [0.2, 0.25) is 5.15 Å². The Morgan fingerprint density at radius 2 is 1.90 bits per heavy atom. The highest BCUT2D eigenvalue weighted by Crippen LogP contribution is 2.48. The Labute approximate surface area is 226 Å². The maximum absolute atomic E-state index is 13.9. The fourth-order valence-corrected chi connectivity index (χ4v) is 5.90. The highest BCUT2D eigenvalue weighted by molar-refractivity contribution is 6.29. The van der Waals surface area contributed by atoms with Gasteiger partial charge in [-0.1, -0.05) is 29.8 Å². The summed E-state index contributed by atoms with van der Waals surface area (Å²) in [7, 11) is 0. The molecule has 3 aromatic rings. The zero-order valence-corrected chi connectivity index (χ0v) is 21.5. The van der Waals surface area contributed by atoms with Crippen LogP contribution in [0.3, 0.4) is 0 Å². The van der Waals surface area contributed by atoms with Gasteiger partial charge in [0.1, 0.15) is 16.4 Å². The first kappa shape index (κ1) is 25.9. The lowest BCUT2D eigenvalue weighted by molar-refractivity contribution is -0.135. The van der Waals surface area contributed by atoms with Gasteiger partial charge in [0.15, 0.2) is 5.65 Å². The van der Waals surface area contributed by atoms with Gasteiger partial charge >= 0.3 is 12.2 Å². The van der Waals surface area contributed by atoms with Crippen molar-refractivity contribution in [2.75, 3.05) is 18.0 Å². The van der Waals surface area contributed by atoms with Gasteiger partial charge in [0.25, 0.3) is 0 Å². The summed E-state index contributed by atoms with van der Waals surface area (Å²) in [5, 5.41) is 12.6. The first-order valence-electron chi connectivity index (χ1n) is 12.8. The van der Waals surface area contributed by atoms with Gasteiger partial charge in [-0.3, -0.25) is 4.79 Å². The first-order valence-corrected chi connectivity index (χ1v) is 13.2. The second kappa shape index (κ2) is 9.37. The van der Waals surface area contributed by atoms with Crippen LogP contribution in [0.25, 0.3) is 11.2 Å². The molecule has 6 rings (SSSR count). The van der Waals surface area contributed by atoms with Gasteiger partial charge in [-0.05, 0) is 43.0 Å². The average Bonchev–Trinajstić information content (AvgIpc) is 3.28. The van der Waals surface area contributed by atoms with Crippen LogP contribution in [0.5, 0.6) is 0 Å². The number of fused-ring (bicyclic) bond motifs is 3. The molecule has 1 saturated carbocycles. The van der Waals surface area contributed by atoms with Gasteiger partial charge in [-0.25, -0.2) is 14.8 Å². The summed E-state index contributed by atoms with van der Waals surface area (Å²) in [6.45, 7) is 0.496. The lowest BCUT2D eigenvalue weighted by Gasteiger charge is -2.47. The topological polar surface area (TPSA) is 104 Å². The molecule has 0 bridgehead atoms. The maximum atomic E-state index is 13.9. The van der Waals surface area contributed by atoms with E-state index in [0.717, 1.165) is 5.56 Å². The van der Waals surface area contributed by atoms with Crippen LogP contribution in [-0.4, -0.2) is 67.9 Å². The van der Waals surface area contributed by atoms with E-state index < -0.39 is 24.1 Å². The Balaban J connectivity index is 1.25. The fourth-order valence-electron chi connectivity index (χ4n) is 5.76. The number of carbonyl (C=O) groups is 2. The molecule has 2 fully saturated rings. The molecule has 39 heavy (non-hydrogen) atoms. The van der Waals surface area contributed by atoms with Gasteiger partial charge in [0.2, 0.25) is 5.91 Å². The molecule has 9 nitrogen and oxygen atoms in total. The summed E-state index contributed by atoms with van der Waals surface area (Å²) in [5.74, 6) is 0.214. The molecule has 2 aromatic heterocycles. The first-order chi connectivity index (χ1) is 18.5. The number of nitrogens with one attached hydrogen (secondary N) is 1. The second-order valence-corrected chi connectivity index (χ2v) is 10.9. The second-order valence-electron chi connectivity index (χ2n) is 10.5. The van der Waals surface area contributed by atoms with Gasteiger partial charge in [-0.15, -0.1) is 0 Å². The summed E-state index contributed by atoms with van der Waals surface area (Å²) in [6.07, 6.45) is -4.73. The van der Waals surface area contributed by atoms with Crippen LogP contribution in [0.1, 0.15) is 37.1 Å². The number of hydrogen-bond donors (Lipinski definition) is 2. The Hall–Kier alpha value is -3.38. The molecule has 0 atom stereocenters. The van der Waals surface area contributed by atoms with Gasteiger partial charge in [0.05, 0.1) is 18.2 Å². The van der Waals surface area contributed by atoms with Crippen molar-refractivity contribution in [1.29, 1.82) is 0 Å². The largest absolute Gasteiger partial charge is 0.393 e. The number of aliphatic hydroxyl groups excluding tert-OH is 1. The number of urea groups is 1. The van der Waals surface area contributed by atoms with Crippen molar-refractivity contribution < 1.29 is 27.9 Å². The number of aliphatic hydroxyl groups is 1. The van der Waals surface area contributed by atoms with Gasteiger partial charge in [0, 0.05) is 37.8 Å². The monoisotopic (exact) mass is 562 g/mol. The molecule has 1 aliphatic carbocycles. The lowest BCUT2D eigenvalue weighted by Crippen LogP contribution is -2.67. The SMILES string of the molecule is O=C(NC1CC(O)C1)N1CC2(C1)C(=O)N(Cc1nc3nc(Cl)ccc3n1CCCC(F)(F)F)c1ccccc12. The Kier molecular flexibility index (Phi) is 6.22. The van der Waals surface area contributed by atoms with Crippen LogP contribution >= 0.6 is 11.6 Å². The Bertz CT molecular complexity index is 1450. The van der Waals surface area contributed by atoms with E-state index in [1.54, 1.807) is 26.5 Å². The fraction of sp³-hybridized carbons (Fsp3) is 0.462. The molecule has 1 spiro atoms. The molecule has 0 unspecified atom stereocenters. The minimum absolute atomic E-state index is 0.0315. The van der Waals surface area contributed by atoms with Crippen molar-refractivity contribution in [1.82, 2.24) is 24.8 Å². The minimum atomic E-state index is -4.28. The number of carbonyl (C=O) groups excluding carboxylic acids is 2. The van der Waals surface area contributed by atoms with Crippen molar-refractivity contribution in [2.24, 2.45) is 0 Å². The highest BCUT2D eigenvalue weighted by Gasteiger charge is 2.59. The molecule has 13 heteroatoms. The van der Waals surface area contributed by atoms with Crippen molar-refractivity contribution in [3.8, 4) is 0 Å². The predicted octanol–water partition coefficient (Wildman–Crippen LogP) is 3.76. The standard InChI is InChI=1S/C26H26ClF3N6O3/c27-20-7-6-19-22(32-20)33-21(35(19)9-3-8-26(28,29)30)12-36-18-5-2-1-4-17(18)25(23(36)38)13-34(14-25)24(39)31-15-10-16(37)11-15/h1-2,4-7,15-16,37H,3,8-14H2,(H,31,39). The third kappa shape index (κ3) is 4.59. The third-order valence-electron chi connectivity index (χ3n) is 7.81. The van der Waals surface area contributed by atoms with E-state index in [9.17, 15) is 27.9 Å². The molecular weight excluding hydrogens is 537 g/mol. The molecule has 206 valence electrons. The molecule has 3 amide bonds. The number of alkyl halides is 3. The van der Waals surface area contributed by atoms with Crippen LogP contribution in [0.4, 0.5) is 23.7 Å². The summed E-state index contributed by atoms with van der Waals surface area (Å²) < 4.78 is 40.3. The van der Waals surface area contributed by atoms with Crippen LogP contribution < -0.4 is 10.2 Å². The number of amides is 3. The van der Waals surface area contributed by atoms with E-state index in [2.05, 4.69) is 15.3 Å². The quantitative estimate of drug-likeness (QED) is 0.445.